The molecule has 0 unspecified atom stereocenters. The lowest BCUT2D eigenvalue weighted by Crippen LogP contribution is -2.43. The summed E-state index contributed by atoms with van der Waals surface area (Å²) in [4.78, 5) is 35.4. The number of rotatable bonds is 8. The van der Waals surface area contributed by atoms with Crippen LogP contribution in [0.25, 0.3) is 0 Å². The Morgan fingerprint density at radius 3 is 2.25 bits per heavy atom. The summed E-state index contributed by atoms with van der Waals surface area (Å²) in [5.41, 5.74) is 3.62. The van der Waals surface area contributed by atoms with Gasteiger partial charge in [0.2, 0.25) is 0 Å². The lowest BCUT2D eigenvalue weighted by molar-refractivity contribution is -0.792. The molecule has 0 saturated heterocycles. The first kappa shape index (κ1) is 18.8. The number of amidine groups is 1. The second-order valence-corrected chi connectivity index (χ2v) is 4.90. The van der Waals surface area contributed by atoms with Crippen LogP contribution in [0.5, 0.6) is 5.75 Å². The van der Waals surface area contributed by atoms with E-state index >= 15 is 0 Å². The third-order valence-corrected chi connectivity index (χ3v) is 3.22. The molecule has 11 heteroatoms. The maximum absolute atomic E-state index is 11.5. The van der Waals surface area contributed by atoms with Gasteiger partial charge in [-0.05, 0) is 24.3 Å². The monoisotopic (exact) mass is 340 g/mol. The molecule has 1 aromatic carbocycles. The zero-order valence-corrected chi connectivity index (χ0v) is 13.0. The molecule has 130 valence electrons. The molecular formula is C13H16N4O7. The van der Waals surface area contributed by atoms with Crippen molar-refractivity contribution in [1.29, 1.82) is 0 Å². The minimum atomic E-state index is -2.47. The predicted molar refractivity (Wildman–Crippen MR) is 81.4 cm³/mol. The minimum Gasteiger partial charge on any atom is -0.497 e. The van der Waals surface area contributed by atoms with Crippen molar-refractivity contribution in [3.05, 3.63) is 50.1 Å². The largest absolute Gasteiger partial charge is 0.497 e. The van der Waals surface area contributed by atoms with Crippen molar-refractivity contribution in [1.82, 2.24) is 0 Å². The molecule has 0 aliphatic carbocycles. The van der Waals surface area contributed by atoms with Gasteiger partial charge in [-0.25, -0.2) is 4.79 Å². The highest BCUT2D eigenvalue weighted by Gasteiger charge is 2.50. The average Bonchev–Trinajstić information content (AvgIpc) is 2.57. The fourth-order valence-electron chi connectivity index (χ4n) is 1.55. The number of nitro groups is 2. The number of methoxy groups -OCH3 is 1. The van der Waals surface area contributed by atoms with Gasteiger partial charge < -0.3 is 15.3 Å². The quantitative estimate of drug-likeness (QED) is 0.182. The number of ether oxygens (including phenoxy) is 1. The van der Waals surface area contributed by atoms with Crippen LogP contribution in [-0.4, -0.2) is 34.4 Å². The molecule has 0 heterocycles. The molecular weight excluding hydrogens is 324 g/mol. The summed E-state index contributed by atoms with van der Waals surface area (Å²) in [5, 5.41) is 24.9. The molecule has 1 rings (SSSR count). The summed E-state index contributed by atoms with van der Waals surface area (Å²) in [6.07, 6.45) is -1.19. The second kappa shape index (κ2) is 7.85. The van der Waals surface area contributed by atoms with Gasteiger partial charge in [-0.3, -0.25) is 20.2 Å². The van der Waals surface area contributed by atoms with E-state index in [1.807, 2.05) is 0 Å². The van der Waals surface area contributed by atoms with Crippen LogP contribution >= 0.6 is 0 Å². The maximum Gasteiger partial charge on any atom is 0.456 e. The standard InChI is InChI=1S/C13H16N4O7/c1-13(16(19)20,17(21)22)8-7-11(18)24-15-12(14)9-3-5-10(23-2)6-4-9/h3-6H,7-8H2,1-2H3,(H2,14,15). The molecule has 0 radical (unpaired) electrons. The number of oxime groups is 1. The summed E-state index contributed by atoms with van der Waals surface area (Å²) < 4.78 is 4.97. The number of nitrogens with zero attached hydrogens (tertiary/aromatic N) is 3. The fraction of sp³-hybridized carbons (Fsp3) is 0.385. The van der Waals surface area contributed by atoms with Crippen molar-refractivity contribution in [2.45, 2.75) is 25.4 Å². The van der Waals surface area contributed by atoms with Gasteiger partial charge in [0.1, 0.15) is 5.75 Å². The third kappa shape index (κ3) is 4.63. The van der Waals surface area contributed by atoms with E-state index in [1.165, 1.54) is 7.11 Å². The van der Waals surface area contributed by atoms with E-state index < -0.39 is 34.3 Å². The molecule has 24 heavy (non-hydrogen) atoms. The smallest absolute Gasteiger partial charge is 0.456 e. The van der Waals surface area contributed by atoms with Gasteiger partial charge in [-0.2, -0.15) is 0 Å². The maximum atomic E-state index is 11.5. The lowest BCUT2D eigenvalue weighted by Gasteiger charge is -2.11. The molecule has 0 atom stereocenters. The molecule has 0 aliphatic rings. The Labute approximate surface area is 136 Å². The van der Waals surface area contributed by atoms with E-state index in [0.29, 0.717) is 11.3 Å². The average molecular weight is 340 g/mol. The molecule has 0 aromatic heterocycles. The zero-order chi connectivity index (χ0) is 18.3. The van der Waals surface area contributed by atoms with Gasteiger partial charge in [0, 0.05) is 5.56 Å². The van der Waals surface area contributed by atoms with Crippen LogP contribution in [0.2, 0.25) is 0 Å². The van der Waals surface area contributed by atoms with Crippen molar-refractivity contribution >= 4 is 11.8 Å². The van der Waals surface area contributed by atoms with E-state index in [0.717, 1.165) is 6.92 Å². The third-order valence-electron chi connectivity index (χ3n) is 3.22. The van der Waals surface area contributed by atoms with Crippen LogP contribution in [0.4, 0.5) is 0 Å². The summed E-state index contributed by atoms with van der Waals surface area (Å²) in [7, 11) is 1.50. The molecule has 0 fully saturated rings. The van der Waals surface area contributed by atoms with Gasteiger partial charge in [0.05, 0.1) is 36.7 Å². The number of hydrogen-bond acceptors (Lipinski definition) is 8. The van der Waals surface area contributed by atoms with Crippen LogP contribution in [-0.2, 0) is 9.63 Å². The van der Waals surface area contributed by atoms with Gasteiger partial charge in [0.25, 0.3) is 0 Å². The van der Waals surface area contributed by atoms with E-state index in [4.69, 9.17) is 10.5 Å². The van der Waals surface area contributed by atoms with Crippen LogP contribution in [0.3, 0.4) is 0 Å². The predicted octanol–water partition coefficient (Wildman–Crippen LogP) is 0.909. The van der Waals surface area contributed by atoms with E-state index in [2.05, 4.69) is 9.99 Å². The Hall–Kier alpha value is -3.24. The molecule has 0 amide bonds. The van der Waals surface area contributed by atoms with Crippen LogP contribution in [0, 0.1) is 20.2 Å². The summed E-state index contributed by atoms with van der Waals surface area (Å²) in [6, 6.07) is 6.42. The van der Waals surface area contributed by atoms with Crippen molar-refractivity contribution in [2.24, 2.45) is 10.9 Å². The van der Waals surface area contributed by atoms with E-state index in [9.17, 15) is 25.0 Å². The number of carbonyl (C=O) groups excluding carboxylic acids is 1. The molecule has 0 aliphatic heterocycles. The summed E-state index contributed by atoms with van der Waals surface area (Å²) in [6.45, 7) is 0.815. The topological polar surface area (TPSA) is 160 Å². The first-order valence-electron chi connectivity index (χ1n) is 6.67. The molecule has 0 spiro atoms. The zero-order valence-electron chi connectivity index (χ0n) is 13.0. The van der Waals surface area contributed by atoms with Gasteiger partial charge in [-0.1, -0.05) is 5.16 Å². The van der Waals surface area contributed by atoms with Crippen molar-refractivity contribution in [3.8, 4) is 5.75 Å². The fourth-order valence-corrected chi connectivity index (χ4v) is 1.55. The number of carbonyl (C=O) groups is 1. The molecule has 0 bridgehead atoms. The Balaban J connectivity index is 2.64. The first-order valence-corrected chi connectivity index (χ1v) is 6.67. The lowest BCUT2D eigenvalue weighted by atomic mass is 10.1. The number of nitrogens with two attached hydrogens (primary N) is 1. The summed E-state index contributed by atoms with van der Waals surface area (Å²) in [5.74, 6) is -0.471. The molecule has 11 nitrogen and oxygen atoms in total. The highest BCUT2D eigenvalue weighted by molar-refractivity contribution is 5.97. The van der Waals surface area contributed by atoms with E-state index in [-0.39, 0.29) is 5.84 Å². The van der Waals surface area contributed by atoms with Crippen molar-refractivity contribution in [2.75, 3.05) is 7.11 Å². The molecule has 1 aromatic rings. The van der Waals surface area contributed by atoms with Crippen LogP contribution in [0.15, 0.2) is 29.4 Å². The van der Waals surface area contributed by atoms with Crippen LogP contribution < -0.4 is 10.5 Å². The molecule has 0 saturated carbocycles. The second-order valence-electron chi connectivity index (χ2n) is 4.90. The normalized spacial score (nSPS) is 11.7. The number of benzene rings is 1. The van der Waals surface area contributed by atoms with Crippen LogP contribution in [0.1, 0.15) is 25.3 Å². The Morgan fingerprint density at radius 2 is 1.79 bits per heavy atom. The van der Waals surface area contributed by atoms with Crippen molar-refractivity contribution in [3.63, 3.8) is 0 Å². The first-order chi connectivity index (χ1) is 11.2. The Morgan fingerprint density at radius 1 is 1.25 bits per heavy atom. The van der Waals surface area contributed by atoms with Gasteiger partial charge in [-0.15, -0.1) is 0 Å². The Kier molecular flexibility index (Phi) is 6.15. The highest BCUT2D eigenvalue weighted by atomic mass is 16.7. The SMILES string of the molecule is COc1ccc(/C(N)=N/OC(=O)CCC(C)([N+](=O)[O-])[N+](=O)[O-])cc1. The van der Waals surface area contributed by atoms with Gasteiger partial charge >= 0.3 is 11.6 Å². The molecule has 2 N–H and O–H groups in total. The minimum absolute atomic E-state index is 0.0997. The van der Waals surface area contributed by atoms with Gasteiger partial charge in [0.15, 0.2) is 5.84 Å². The Bertz CT molecular complexity index is 643. The summed E-state index contributed by atoms with van der Waals surface area (Å²) >= 11 is 0. The van der Waals surface area contributed by atoms with E-state index in [1.54, 1.807) is 24.3 Å². The van der Waals surface area contributed by atoms with Crippen molar-refractivity contribution < 1.29 is 24.2 Å². The number of hydrogen-bond donors (Lipinski definition) is 1. The highest BCUT2D eigenvalue weighted by Crippen LogP contribution is 2.18.